The summed E-state index contributed by atoms with van der Waals surface area (Å²) in [7, 11) is 3.19. The summed E-state index contributed by atoms with van der Waals surface area (Å²) in [4.78, 5) is 0. The molecule has 1 heterocycles. The number of hydrogen-bond acceptors (Lipinski definition) is 5. The van der Waals surface area contributed by atoms with Gasteiger partial charge in [-0.3, -0.25) is 0 Å². The van der Waals surface area contributed by atoms with Crippen molar-refractivity contribution in [3.8, 4) is 0 Å². The van der Waals surface area contributed by atoms with Gasteiger partial charge in [-0.1, -0.05) is 25.5 Å². The van der Waals surface area contributed by atoms with Crippen molar-refractivity contribution < 1.29 is 24.4 Å². The van der Waals surface area contributed by atoms with E-state index >= 15 is 0 Å². The van der Waals surface area contributed by atoms with Gasteiger partial charge in [0, 0.05) is 5.41 Å². The maximum absolute atomic E-state index is 10.2. The first-order chi connectivity index (χ1) is 13.9. The first-order valence-corrected chi connectivity index (χ1v) is 11.3. The molecule has 5 nitrogen and oxygen atoms in total. The third kappa shape index (κ3) is 2.38. The van der Waals surface area contributed by atoms with Gasteiger partial charge in [0.25, 0.3) is 5.95 Å². The van der Waals surface area contributed by atoms with E-state index in [0.29, 0.717) is 23.7 Å². The standard InChI is InChI=1S/C24H36O5/c1-22-9-7-15(26)11-14(22)5-6-16-17(22)8-10-23(2)18(16)12-20-24(23,29-20)19(13-25)21(27-3)28-4/h5,15-18,20,25-26H,6-13H2,1-4H3. The maximum Gasteiger partial charge on any atom is 0.283 e. The van der Waals surface area contributed by atoms with E-state index in [-0.39, 0.29) is 29.6 Å². The summed E-state index contributed by atoms with van der Waals surface area (Å²) in [5, 5.41) is 20.4. The van der Waals surface area contributed by atoms with Gasteiger partial charge in [0.1, 0.15) is 5.60 Å². The molecule has 5 aliphatic rings. The molecule has 0 spiro atoms. The van der Waals surface area contributed by atoms with Crippen LogP contribution in [0.5, 0.6) is 0 Å². The number of allylic oxidation sites excluding steroid dienone is 1. The molecule has 0 aromatic heterocycles. The smallest absolute Gasteiger partial charge is 0.283 e. The second kappa shape index (κ2) is 6.48. The Hall–Kier alpha value is -1.04. The van der Waals surface area contributed by atoms with E-state index in [9.17, 15) is 10.2 Å². The molecule has 29 heavy (non-hydrogen) atoms. The first-order valence-electron chi connectivity index (χ1n) is 11.3. The Morgan fingerprint density at radius 1 is 1.17 bits per heavy atom. The lowest BCUT2D eigenvalue weighted by Gasteiger charge is -2.58. The Morgan fingerprint density at radius 3 is 2.62 bits per heavy atom. The van der Waals surface area contributed by atoms with Crippen LogP contribution in [0.4, 0.5) is 0 Å². The van der Waals surface area contributed by atoms with Crippen molar-refractivity contribution in [3.63, 3.8) is 0 Å². The fraction of sp³-hybridized carbons (Fsp3) is 0.833. The number of ether oxygens (including phenoxy) is 3. The van der Waals surface area contributed by atoms with Crippen LogP contribution in [0.2, 0.25) is 0 Å². The van der Waals surface area contributed by atoms with Gasteiger partial charge < -0.3 is 24.4 Å². The molecular weight excluding hydrogens is 368 g/mol. The second-order valence-corrected chi connectivity index (χ2v) is 10.5. The normalized spacial score (nSPS) is 49.7. The molecule has 0 radical (unpaired) electrons. The number of rotatable bonds is 4. The van der Waals surface area contributed by atoms with Gasteiger partial charge in [-0.05, 0) is 68.1 Å². The van der Waals surface area contributed by atoms with Gasteiger partial charge >= 0.3 is 0 Å². The number of fused-ring (bicyclic) bond motifs is 7. The summed E-state index contributed by atoms with van der Waals surface area (Å²) >= 11 is 0. The Bertz CT molecular complexity index is 752. The van der Waals surface area contributed by atoms with Crippen LogP contribution in [0, 0.1) is 28.6 Å². The molecule has 162 valence electrons. The number of hydrogen-bond donors (Lipinski definition) is 2. The fourth-order valence-corrected chi connectivity index (χ4v) is 8.27. The van der Waals surface area contributed by atoms with Crippen LogP contribution < -0.4 is 0 Å². The van der Waals surface area contributed by atoms with Gasteiger partial charge in [-0.25, -0.2) is 0 Å². The monoisotopic (exact) mass is 404 g/mol. The molecule has 4 fully saturated rings. The topological polar surface area (TPSA) is 71.5 Å². The van der Waals surface area contributed by atoms with Crippen LogP contribution in [-0.4, -0.2) is 48.8 Å². The van der Waals surface area contributed by atoms with Crippen molar-refractivity contribution in [1.29, 1.82) is 0 Å². The van der Waals surface area contributed by atoms with Crippen LogP contribution in [0.25, 0.3) is 0 Å². The van der Waals surface area contributed by atoms with Crippen molar-refractivity contribution in [2.24, 2.45) is 28.6 Å². The second-order valence-electron chi connectivity index (χ2n) is 10.5. The average Bonchev–Trinajstić information content (AvgIpc) is 3.37. The minimum atomic E-state index is -0.438. The molecule has 5 rings (SSSR count). The number of aliphatic hydroxyl groups excluding tert-OH is 2. The van der Waals surface area contributed by atoms with Gasteiger partial charge in [-0.2, -0.15) is 0 Å². The molecule has 1 saturated heterocycles. The largest absolute Gasteiger partial charge is 0.469 e. The van der Waals surface area contributed by atoms with Crippen molar-refractivity contribution in [2.75, 3.05) is 20.8 Å². The van der Waals surface area contributed by atoms with Crippen LogP contribution in [0.1, 0.15) is 58.8 Å². The fourth-order valence-electron chi connectivity index (χ4n) is 8.27. The highest BCUT2D eigenvalue weighted by molar-refractivity contribution is 5.40. The highest BCUT2D eigenvalue weighted by Crippen LogP contribution is 2.75. The molecule has 4 aliphatic carbocycles. The van der Waals surface area contributed by atoms with Crippen molar-refractivity contribution in [2.45, 2.75) is 76.6 Å². The zero-order valence-electron chi connectivity index (χ0n) is 18.2. The highest BCUT2D eigenvalue weighted by atomic mass is 16.7. The minimum absolute atomic E-state index is 0.00487. The van der Waals surface area contributed by atoms with E-state index in [2.05, 4.69) is 19.9 Å². The highest BCUT2D eigenvalue weighted by Gasteiger charge is 2.79. The van der Waals surface area contributed by atoms with Crippen molar-refractivity contribution >= 4 is 0 Å². The molecule has 8 unspecified atom stereocenters. The predicted octanol–water partition coefficient (Wildman–Crippen LogP) is 3.55. The summed E-state index contributed by atoms with van der Waals surface area (Å²) in [6, 6.07) is 0. The van der Waals surface area contributed by atoms with Gasteiger partial charge in [0.2, 0.25) is 0 Å². The lowest BCUT2D eigenvalue weighted by Crippen LogP contribution is -2.53. The molecule has 3 saturated carbocycles. The van der Waals surface area contributed by atoms with E-state index in [0.717, 1.165) is 44.1 Å². The summed E-state index contributed by atoms with van der Waals surface area (Å²) < 4.78 is 17.3. The Morgan fingerprint density at radius 2 is 1.93 bits per heavy atom. The number of epoxide rings is 1. The quantitative estimate of drug-likeness (QED) is 0.426. The number of aliphatic hydroxyl groups is 2. The average molecular weight is 405 g/mol. The van der Waals surface area contributed by atoms with Crippen LogP contribution in [-0.2, 0) is 14.2 Å². The maximum atomic E-state index is 10.2. The molecule has 0 aromatic rings. The lowest BCUT2D eigenvalue weighted by atomic mass is 9.47. The Balaban J connectivity index is 1.51. The van der Waals surface area contributed by atoms with E-state index in [1.54, 1.807) is 14.2 Å². The third-order valence-corrected chi connectivity index (χ3v) is 9.73. The molecule has 8 atom stereocenters. The predicted molar refractivity (Wildman–Crippen MR) is 109 cm³/mol. The molecular formula is C24H36O5. The minimum Gasteiger partial charge on any atom is -0.469 e. The molecule has 5 heteroatoms. The van der Waals surface area contributed by atoms with Crippen molar-refractivity contribution in [3.05, 3.63) is 23.2 Å². The Kier molecular flexibility index (Phi) is 4.44. The van der Waals surface area contributed by atoms with Crippen molar-refractivity contribution in [1.82, 2.24) is 0 Å². The summed E-state index contributed by atoms with van der Waals surface area (Å²) in [6.45, 7) is 4.74. The third-order valence-electron chi connectivity index (χ3n) is 9.73. The number of methoxy groups -OCH3 is 2. The zero-order chi connectivity index (χ0) is 20.6. The van der Waals surface area contributed by atoms with Gasteiger partial charge in [0.05, 0.1) is 38.6 Å². The molecule has 2 N–H and O–H groups in total. The lowest BCUT2D eigenvalue weighted by molar-refractivity contribution is -0.0791. The molecule has 0 bridgehead atoms. The van der Waals surface area contributed by atoms with E-state index in [4.69, 9.17) is 14.2 Å². The van der Waals surface area contributed by atoms with Crippen LogP contribution in [0.15, 0.2) is 23.2 Å². The van der Waals surface area contributed by atoms with E-state index < -0.39 is 5.60 Å². The summed E-state index contributed by atoms with van der Waals surface area (Å²) in [6.07, 6.45) is 9.82. The molecule has 0 amide bonds. The first kappa shape index (κ1) is 19.9. The van der Waals surface area contributed by atoms with E-state index in [1.807, 2.05) is 0 Å². The van der Waals surface area contributed by atoms with E-state index in [1.165, 1.54) is 12.0 Å². The molecule has 1 aliphatic heterocycles. The van der Waals surface area contributed by atoms with Crippen LogP contribution in [0.3, 0.4) is 0 Å². The van der Waals surface area contributed by atoms with Crippen LogP contribution >= 0.6 is 0 Å². The van der Waals surface area contributed by atoms with Gasteiger partial charge in [0.15, 0.2) is 0 Å². The zero-order valence-corrected chi connectivity index (χ0v) is 18.2. The summed E-state index contributed by atoms with van der Waals surface area (Å²) in [5.41, 5.74) is 2.09. The van der Waals surface area contributed by atoms with Gasteiger partial charge in [-0.15, -0.1) is 0 Å². The summed E-state index contributed by atoms with van der Waals surface area (Å²) in [5.74, 6) is 2.34. The Labute approximate surface area is 174 Å². The SMILES string of the molecule is COC(OC)=C(CO)C12OC1CC1C3CC=C4CC(O)CCC4(C)C3CCC12C. The molecule has 0 aromatic carbocycles.